The SMILES string of the molecule is C[C@H](OC(=O)CSc1ccccc1)C(=O)Nc1sc2c(c1C(N)=O)CCC2. The Kier molecular flexibility index (Phi) is 6.18. The van der Waals surface area contributed by atoms with Crippen molar-refractivity contribution in [2.75, 3.05) is 11.1 Å². The molecule has 0 fully saturated rings. The molecule has 1 heterocycles. The van der Waals surface area contributed by atoms with Crippen LogP contribution in [0.4, 0.5) is 5.00 Å². The highest BCUT2D eigenvalue weighted by molar-refractivity contribution is 8.00. The molecule has 142 valence electrons. The Hall–Kier alpha value is -2.32. The smallest absolute Gasteiger partial charge is 0.317 e. The first-order valence-electron chi connectivity index (χ1n) is 8.58. The first-order chi connectivity index (χ1) is 13.0. The van der Waals surface area contributed by atoms with Crippen LogP contribution in [0.2, 0.25) is 0 Å². The van der Waals surface area contributed by atoms with Crippen molar-refractivity contribution >= 4 is 45.9 Å². The molecule has 1 aliphatic carbocycles. The highest BCUT2D eigenvalue weighted by Gasteiger charge is 2.27. The minimum Gasteiger partial charge on any atom is -0.452 e. The number of rotatable bonds is 7. The number of carbonyl (C=O) groups excluding carboxylic acids is 3. The van der Waals surface area contributed by atoms with Crippen LogP contribution in [0.25, 0.3) is 0 Å². The molecule has 0 aliphatic heterocycles. The molecule has 3 N–H and O–H groups in total. The van der Waals surface area contributed by atoms with E-state index in [-0.39, 0.29) is 5.75 Å². The standard InChI is InChI=1S/C19H20N2O4S2/c1-11(25-15(22)10-26-12-6-3-2-4-7-12)18(24)21-19-16(17(20)23)13-8-5-9-14(13)27-19/h2-4,6-7,11H,5,8-10H2,1H3,(H2,20,23)(H,21,24)/t11-/m0/s1. The maximum atomic E-state index is 12.4. The van der Waals surface area contributed by atoms with Gasteiger partial charge in [0.05, 0.1) is 11.3 Å². The number of amides is 2. The van der Waals surface area contributed by atoms with Gasteiger partial charge in [0, 0.05) is 9.77 Å². The minimum absolute atomic E-state index is 0.113. The van der Waals surface area contributed by atoms with E-state index in [4.69, 9.17) is 10.5 Å². The van der Waals surface area contributed by atoms with Crippen LogP contribution in [0.5, 0.6) is 0 Å². The minimum atomic E-state index is -0.966. The van der Waals surface area contributed by atoms with E-state index in [9.17, 15) is 14.4 Å². The Bertz CT molecular complexity index is 864. The van der Waals surface area contributed by atoms with Gasteiger partial charge in [-0.15, -0.1) is 23.1 Å². The molecule has 2 aromatic rings. The number of hydrogen-bond donors (Lipinski definition) is 2. The molecule has 3 rings (SSSR count). The largest absolute Gasteiger partial charge is 0.452 e. The Morgan fingerprint density at radius 1 is 1.26 bits per heavy atom. The fourth-order valence-electron chi connectivity index (χ4n) is 2.91. The van der Waals surface area contributed by atoms with Gasteiger partial charge in [0.2, 0.25) is 0 Å². The number of primary amides is 1. The molecule has 8 heteroatoms. The summed E-state index contributed by atoms with van der Waals surface area (Å²) in [5.41, 5.74) is 6.81. The molecule has 1 aliphatic rings. The second-order valence-electron chi connectivity index (χ2n) is 6.15. The third-order valence-electron chi connectivity index (χ3n) is 4.18. The van der Waals surface area contributed by atoms with Gasteiger partial charge in [-0.1, -0.05) is 18.2 Å². The Morgan fingerprint density at radius 2 is 2.00 bits per heavy atom. The summed E-state index contributed by atoms with van der Waals surface area (Å²) in [4.78, 5) is 38.2. The molecule has 0 unspecified atom stereocenters. The average molecular weight is 405 g/mol. The number of thiophene rings is 1. The number of anilines is 1. The van der Waals surface area contributed by atoms with Crippen molar-refractivity contribution < 1.29 is 19.1 Å². The van der Waals surface area contributed by atoms with Gasteiger partial charge in [0.25, 0.3) is 11.8 Å². The molecule has 1 aromatic carbocycles. The van der Waals surface area contributed by atoms with Crippen LogP contribution in [-0.2, 0) is 27.2 Å². The molecular weight excluding hydrogens is 384 g/mol. The fourth-order valence-corrected chi connectivity index (χ4v) is 4.91. The predicted octanol–water partition coefficient (Wildman–Crippen LogP) is 3.00. The number of fused-ring (bicyclic) bond motifs is 1. The van der Waals surface area contributed by atoms with E-state index in [0.717, 1.165) is 34.6 Å². The summed E-state index contributed by atoms with van der Waals surface area (Å²) in [5, 5.41) is 3.14. The number of esters is 1. The molecule has 0 saturated carbocycles. The molecule has 6 nitrogen and oxygen atoms in total. The molecular formula is C19H20N2O4S2. The van der Waals surface area contributed by atoms with Crippen molar-refractivity contribution in [1.29, 1.82) is 0 Å². The summed E-state index contributed by atoms with van der Waals surface area (Å²) in [5.74, 6) is -1.39. The van der Waals surface area contributed by atoms with Gasteiger partial charge < -0.3 is 15.8 Å². The van der Waals surface area contributed by atoms with Crippen molar-refractivity contribution in [1.82, 2.24) is 0 Å². The summed E-state index contributed by atoms with van der Waals surface area (Å²) in [6.45, 7) is 1.51. The molecule has 1 atom stereocenters. The lowest BCUT2D eigenvalue weighted by atomic mass is 10.1. The number of carbonyl (C=O) groups is 3. The van der Waals surface area contributed by atoms with Gasteiger partial charge in [-0.05, 0) is 43.9 Å². The monoisotopic (exact) mass is 404 g/mol. The van der Waals surface area contributed by atoms with Crippen LogP contribution < -0.4 is 11.1 Å². The first-order valence-corrected chi connectivity index (χ1v) is 10.4. The van der Waals surface area contributed by atoms with E-state index in [1.807, 2.05) is 30.3 Å². The van der Waals surface area contributed by atoms with Crippen molar-refractivity contribution in [3.05, 3.63) is 46.3 Å². The molecule has 0 radical (unpaired) electrons. The van der Waals surface area contributed by atoms with E-state index in [1.165, 1.54) is 30.0 Å². The maximum Gasteiger partial charge on any atom is 0.317 e. The summed E-state index contributed by atoms with van der Waals surface area (Å²) in [7, 11) is 0. The Balaban J connectivity index is 1.56. The number of ether oxygens (including phenoxy) is 1. The summed E-state index contributed by atoms with van der Waals surface area (Å²) >= 11 is 2.71. The summed E-state index contributed by atoms with van der Waals surface area (Å²) in [6.07, 6.45) is 1.70. The predicted molar refractivity (Wildman–Crippen MR) is 106 cm³/mol. The van der Waals surface area contributed by atoms with Crippen LogP contribution >= 0.6 is 23.1 Å². The third-order valence-corrected chi connectivity index (χ3v) is 6.37. The molecule has 0 spiro atoms. The first kappa shape index (κ1) is 19.4. The van der Waals surface area contributed by atoms with Gasteiger partial charge >= 0.3 is 5.97 Å². The third kappa shape index (κ3) is 4.70. The second-order valence-corrected chi connectivity index (χ2v) is 8.30. The zero-order valence-electron chi connectivity index (χ0n) is 14.8. The number of nitrogens with one attached hydrogen (secondary N) is 1. The van der Waals surface area contributed by atoms with Crippen molar-refractivity contribution in [2.24, 2.45) is 5.73 Å². The van der Waals surface area contributed by atoms with Gasteiger partial charge in [-0.3, -0.25) is 14.4 Å². The van der Waals surface area contributed by atoms with Gasteiger partial charge in [-0.25, -0.2) is 0 Å². The van der Waals surface area contributed by atoms with Crippen LogP contribution in [0.3, 0.4) is 0 Å². The topological polar surface area (TPSA) is 98.5 Å². The van der Waals surface area contributed by atoms with Gasteiger partial charge in [0.1, 0.15) is 5.00 Å². The fraction of sp³-hybridized carbons (Fsp3) is 0.316. The zero-order valence-corrected chi connectivity index (χ0v) is 16.5. The number of thioether (sulfide) groups is 1. The second kappa shape index (κ2) is 8.58. The lowest BCUT2D eigenvalue weighted by Gasteiger charge is -2.13. The van der Waals surface area contributed by atoms with Crippen molar-refractivity contribution in [2.45, 2.75) is 37.2 Å². The number of benzene rings is 1. The number of nitrogens with two attached hydrogens (primary N) is 1. The molecule has 27 heavy (non-hydrogen) atoms. The van der Waals surface area contributed by atoms with E-state index in [0.29, 0.717) is 10.6 Å². The number of aryl methyl sites for hydroxylation is 1. The normalized spacial score (nSPS) is 13.7. The van der Waals surface area contributed by atoms with Gasteiger partial charge in [0.15, 0.2) is 6.10 Å². The average Bonchev–Trinajstić information content (AvgIpc) is 3.21. The lowest BCUT2D eigenvalue weighted by molar-refractivity contribution is -0.150. The van der Waals surface area contributed by atoms with E-state index < -0.39 is 23.9 Å². The maximum absolute atomic E-state index is 12.4. The number of hydrogen-bond acceptors (Lipinski definition) is 6. The van der Waals surface area contributed by atoms with Crippen LogP contribution in [0.1, 0.15) is 34.1 Å². The molecule has 0 saturated heterocycles. The van der Waals surface area contributed by atoms with E-state index in [1.54, 1.807) is 0 Å². The Labute approximate surface area is 165 Å². The van der Waals surface area contributed by atoms with Crippen molar-refractivity contribution in [3.63, 3.8) is 0 Å². The molecule has 2 amide bonds. The quantitative estimate of drug-likeness (QED) is 0.546. The van der Waals surface area contributed by atoms with Gasteiger partial charge in [-0.2, -0.15) is 0 Å². The van der Waals surface area contributed by atoms with Crippen molar-refractivity contribution in [3.8, 4) is 0 Å². The lowest BCUT2D eigenvalue weighted by Crippen LogP contribution is -2.31. The van der Waals surface area contributed by atoms with E-state index >= 15 is 0 Å². The van der Waals surface area contributed by atoms with Crippen LogP contribution in [0.15, 0.2) is 35.2 Å². The molecule has 1 aromatic heterocycles. The van der Waals surface area contributed by atoms with E-state index in [2.05, 4.69) is 5.32 Å². The Morgan fingerprint density at radius 3 is 2.70 bits per heavy atom. The van der Waals surface area contributed by atoms with Crippen LogP contribution in [0, 0.1) is 0 Å². The molecule has 0 bridgehead atoms. The highest BCUT2D eigenvalue weighted by atomic mass is 32.2. The van der Waals surface area contributed by atoms with Crippen LogP contribution in [-0.4, -0.2) is 29.6 Å². The summed E-state index contributed by atoms with van der Waals surface area (Å²) < 4.78 is 5.20. The zero-order chi connectivity index (χ0) is 19.4. The summed E-state index contributed by atoms with van der Waals surface area (Å²) in [6, 6.07) is 9.47. The highest BCUT2D eigenvalue weighted by Crippen LogP contribution is 2.38.